The highest BCUT2D eigenvalue weighted by Gasteiger charge is 2.25. The second kappa shape index (κ2) is 7.74. The molecule has 0 aliphatic rings. The van der Waals surface area contributed by atoms with Crippen molar-refractivity contribution in [1.82, 2.24) is 9.97 Å². The SMILES string of the molecule is C=C(C)c1cc(C=CC(F)(F)COCc2ccccc2)ncn1. The highest BCUT2D eigenvalue weighted by Crippen LogP contribution is 2.19. The van der Waals surface area contributed by atoms with Crippen LogP contribution >= 0.6 is 0 Å². The van der Waals surface area contributed by atoms with Crippen molar-refractivity contribution in [2.45, 2.75) is 19.5 Å². The van der Waals surface area contributed by atoms with Crippen LogP contribution in [0.3, 0.4) is 0 Å². The Balaban J connectivity index is 1.92. The second-order valence-electron chi connectivity index (χ2n) is 5.18. The minimum atomic E-state index is -3.07. The van der Waals surface area contributed by atoms with E-state index in [4.69, 9.17) is 4.74 Å². The predicted octanol–water partition coefficient (Wildman–Crippen LogP) is 4.38. The largest absolute Gasteiger partial charge is 0.370 e. The molecule has 2 rings (SSSR count). The lowest BCUT2D eigenvalue weighted by molar-refractivity contribution is -0.0451. The monoisotopic (exact) mass is 316 g/mol. The zero-order valence-corrected chi connectivity index (χ0v) is 12.9. The number of alkyl halides is 2. The number of hydrogen-bond acceptors (Lipinski definition) is 3. The number of rotatable bonds is 7. The molecule has 0 saturated heterocycles. The molecule has 2 aromatic rings. The number of hydrogen-bond donors (Lipinski definition) is 0. The number of ether oxygens (including phenoxy) is 1. The Hall–Kier alpha value is -2.40. The Morgan fingerprint density at radius 2 is 2.00 bits per heavy atom. The lowest BCUT2D eigenvalue weighted by atomic mass is 10.2. The molecule has 0 saturated carbocycles. The first-order valence-corrected chi connectivity index (χ1v) is 7.13. The first-order valence-electron chi connectivity index (χ1n) is 7.13. The van der Waals surface area contributed by atoms with Crippen molar-refractivity contribution in [1.29, 1.82) is 0 Å². The molecule has 0 spiro atoms. The van der Waals surface area contributed by atoms with Gasteiger partial charge in [0, 0.05) is 0 Å². The van der Waals surface area contributed by atoms with Gasteiger partial charge in [-0.15, -0.1) is 0 Å². The molecule has 0 fully saturated rings. The quantitative estimate of drug-likeness (QED) is 0.760. The fourth-order valence-electron chi connectivity index (χ4n) is 1.83. The summed E-state index contributed by atoms with van der Waals surface area (Å²) in [6.45, 7) is 5.02. The minimum Gasteiger partial charge on any atom is -0.370 e. The van der Waals surface area contributed by atoms with E-state index in [0.29, 0.717) is 11.4 Å². The molecule has 5 heteroatoms. The molecule has 0 aliphatic carbocycles. The summed E-state index contributed by atoms with van der Waals surface area (Å²) >= 11 is 0. The van der Waals surface area contributed by atoms with E-state index >= 15 is 0 Å². The average molecular weight is 316 g/mol. The van der Waals surface area contributed by atoms with E-state index in [0.717, 1.165) is 17.2 Å². The third-order valence-corrected chi connectivity index (χ3v) is 3.03. The van der Waals surface area contributed by atoms with Gasteiger partial charge >= 0.3 is 0 Å². The molecule has 1 aromatic heterocycles. The molecule has 120 valence electrons. The highest BCUT2D eigenvalue weighted by molar-refractivity contribution is 5.60. The maximum absolute atomic E-state index is 13.8. The summed E-state index contributed by atoms with van der Waals surface area (Å²) in [5.41, 5.74) is 2.64. The van der Waals surface area contributed by atoms with Gasteiger partial charge in [-0.05, 0) is 36.3 Å². The molecular formula is C18H18F2N2O. The van der Waals surface area contributed by atoms with Crippen molar-refractivity contribution in [3.8, 4) is 0 Å². The van der Waals surface area contributed by atoms with E-state index in [9.17, 15) is 8.78 Å². The summed E-state index contributed by atoms with van der Waals surface area (Å²) < 4.78 is 32.7. The van der Waals surface area contributed by atoms with Crippen LogP contribution in [0.5, 0.6) is 0 Å². The van der Waals surface area contributed by atoms with Crippen LogP contribution in [-0.4, -0.2) is 22.5 Å². The van der Waals surface area contributed by atoms with E-state index in [2.05, 4.69) is 16.5 Å². The van der Waals surface area contributed by atoms with Gasteiger partial charge in [-0.1, -0.05) is 36.9 Å². The lowest BCUT2D eigenvalue weighted by Gasteiger charge is -2.12. The topological polar surface area (TPSA) is 35.0 Å². The molecule has 3 nitrogen and oxygen atoms in total. The van der Waals surface area contributed by atoms with Crippen LogP contribution in [0.25, 0.3) is 11.6 Å². The first kappa shape index (κ1) is 17.0. The van der Waals surface area contributed by atoms with E-state index in [1.807, 2.05) is 30.3 Å². The number of allylic oxidation sites excluding steroid dienone is 1. The van der Waals surface area contributed by atoms with Crippen molar-refractivity contribution in [2.75, 3.05) is 6.61 Å². The van der Waals surface area contributed by atoms with Crippen molar-refractivity contribution in [2.24, 2.45) is 0 Å². The van der Waals surface area contributed by atoms with Gasteiger partial charge in [0.05, 0.1) is 18.0 Å². The van der Waals surface area contributed by atoms with Crippen LogP contribution in [0.2, 0.25) is 0 Å². The molecule has 0 aliphatic heterocycles. The molecule has 0 unspecified atom stereocenters. The van der Waals surface area contributed by atoms with Gasteiger partial charge < -0.3 is 4.74 Å². The third kappa shape index (κ3) is 5.71. The summed E-state index contributed by atoms with van der Waals surface area (Å²) in [4.78, 5) is 7.95. The van der Waals surface area contributed by atoms with E-state index in [1.165, 1.54) is 12.4 Å². The van der Waals surface area contributed by atoms with Crippen LogP contribution in [0, 0.1) is 0 Å². The Bertz CT molecular complexity index is 684. The fraction of sp³-hybridized carbons (Fsp3) is 0.222. The number of nitrogens with zero attached hydrogens (tertiary/aromatic N) is 2. The number of aromatic nitrogens is 2. The number of halogens is 2. The Labute approximate surface area is 134 Å². The standard InChI is InChI=1S/C18H18F2N2O/c1-14(2)17-10-16(21-13-22-17)8-9-18(19,20)12-23-11-15-6-4-3-5-7-15/h3-10,13H,1,11-12H2,2H3. The van der Waals surface area contributed by atoms with Gasteiger partial charge in [0.1, 0.15) is 12.9 Å². The first-order chi connectivity index (χ1) is 11.0. The van der Waals surface area contributed by atoms with Crippen LogP contribution in [0.1, 0.15) is 23.9 Å². The Morgan fingerprint density at radius 3 is 2.70 bits per heavy atom. The molecule has 0 bridgehead atoms. The molecule has 0 N–H and O–H groups in total. The second-order valence-corrected chi connectivity index (χ2v) is 5.18. The van der Waals surface area contributed by atoms with E-state index in [1.54, 1.807) is 13.0 Å². The molecule has 1 aromatic carbocycles. The van der Waals surface area contributed by atoms with Crippen LogP contribution < -0.4 is 0 Å². The predicted molar refractivity (Wildman–Crippen MR) is 86.8 cm³/mol. The van der Waals surface area contributed by atoms with E-state index < -0.39 is 12.5 Å². The van der Waals surface area contributed by atoms with Gasteiger partial charge in [-0.25, -0.2) is 9.97 Å². The molecule has 0 amide bonds. The van der Waals surface area contributed by atoms with Gasteiger partial charge in [0.2, 0.25) is 0 Å². The van der Waals surface area contributed by atoms with Crippen molar-refractivity contribution < 1.29 is 13.5 Å². The van der Waals surface area contributed by atoms with Gasteiger partial charge in [-0.2, -0.15) is 8.78 Å². The van der Waals surface area contributed by atoms with Crippen molar-refractivity contribution in [3.05, 3.63) is 72.3 Å². The fourth-order valence-corrected chi connectivity index (χ4v) is 1.83. The average Bonchev–Trinajstić information content (AvgIpc) is 2.54. The molecule has 0 radical (unpaired) electrons. The maximum atomic E-state index is 13.8. The number of benzene rings is 1. The third-order valence-electron chi connectivity index (χ3n) is 3.03. The van der Waals surface area contributed by atoms with Crippen LogP contribution in [0.4, 0.5) is 8.78 Å². The highest BCUT2D eigenvalue weighted by atomic mass is 19.3. The summed E-state index contributed by atoms with van der Waals surface area (Å²) in [6.07, 6.45) is 3.39. The minimum absolute atomic E-state index is 0.150. The zero-order valence-electron chi connectivity index (χ0n) is 12.9. The Morgan fingerprint density at radius 1 is 1.26 bits per heavy atom. The summed E-state index contributed by atoms with van der Waals surface area (Å²) in [6, 6.07) is 10.8. The van der Waals surface area contributed by atoms with Crippen molar-refractivity contribution in [3.63, 3.8) is 0 Å². The van der Waals surface area contributed by atoms with Crippen LogP contribution in [-0.2, 0) is 11.3 Å². The van der Waals surface area contributed by atoms with Crippen molar-refractivity contribution >= 4 is 11.6 Å². The molecule has 1 heterocycles. The molecule has 0 atom stereocenters. The lowest BCUT2D eigenvalue weighted by Crippen LogP contribution is -2.20. The molecular weight excluding hydrogens is 298 g/mol. The summed E-state index contributed by atoms with van der Waals surface area (Å²) in [5, 5.41) is 0. The Kier molecular flexibility index (Phi) is 5.71. The summed E-state index contributed by atoms with van der Waals surface area (Å²) in [5.74, 6) is -3.07. The van der Waals surface area contributed by atoms with Gasteiger partial charge in [0.25, 0.3) is 5.92 Å². The zero-order chi connectivity index (χ0) is 16.7. The normalized spacial score (nSPS) is 11.8. The smallest absolute Gasteiger partial charge is 0.289 e. The van der Waals surface area contributed by atoms with Crippen LogP contribution in [0.15, 0.2) is 55.4 Å². The molecule has 23 heavy (non-hydrogen) atoms. The van der Waals surface area contributed by atoms with Gasteiger partial charge in [0.15, 0.2) is 0 Å². The summed E-state index contributed by atoms with van der Waals surface area (Å²) in [7, 11) is 0. The van der Waals surface area contributed by atoms with E-state index in [-0.39, 0.29) is 6.61 Å². The maximum Gasteiger partial charge on any atom is 0.289 e. The van der Waals surface area contributed by atoms with Gasteiger partial charge in [-0.3, -0.25) is 0 Å².